The molecule has 4 heterocycles. The van der Waals surface area contributed by atoms with Crippen LogP contribution >= 0.6 is 37.1 Å². The Labute approximate surface area is 585 Å². The summed E-state index contributed by atoms with van der Waals surface area (Å²) in [7, 11) is -13.0. The maximum Gasteiger partial charge on any atom is 0.376 e. The highest BCUT2D eigenvalue weighted by Gasteiger charge is 2.39. The van der Waals surface area contributed by atoms with Crippen molar-refractivity contribution in [2.24, 2.45) is 11.5 Å². The van der Waals surface area contributed by atoms with Gasteiger partial charge in [-0.1, -0.05) is 48.2 Å². The van der Waals surface area contributed by atoms with Gasteiger partial charge < -0.3 is 90.3 Å². The van der Waals surface area contributed by atoms with Gasteiger partial charge in [-0.2, -0.15) is 18.1 Å². The Morgan fingerprint density at radius 1 is 0.901 bits per heavy atom. The lowest BCUT2D eigenvalue weighted by molar-refractivity contribution is -0.144. The number of nitrogens with zero attached hydrogens (tertiary/aromatic N) is 5. The molecule has 39 heteroatoms. The van der Waals surface area contributed by atoms with Crippen molar-refractivity contribution in [2.45, 2.75) is 64.2 Å². The monoisotopic (exact) mass is 1500 g/mol. The topological polar surface area (TPSA) is 485 Å². The number of hydrogen-bond donors (Lipinski definition) is 11. The van der Waals surface area contributed by atoms with Crippen molar-refractivity contribution < 1.29 is 98.0 Å². The third kappa shape index (κ3) is 23.4. The number of rotatable bonds is 39. The van der Waals surface area contributed by atoms with Gasteiger partial charge in [-0.15, -0.1) is 11.3 Å². The molecule has 0 radical (unpaired) electrons. The summed E-state index contributed by atoms with van der Waals surface area (Å²) in [5.74, 6) is 3.05. The lowest BCUT2D eigenvalue weighted by Crippen LogP contribution is -2.36. The van der Waals surface area contributed by atoms with Crippen LogP contribution in [0.5, 0.6) is 5.75 Å². The molecule has 1 fully saturated rings. The molecule has 1 aliphatic heterocycles. The predicted octanol–water partition coefficient (Wildman–Crippen LogP) is 4.42. The molecule has 14 N–H and O–H groups in total. The molecule has 1 saturated heterocycles. The number of nitrogen functional groups attached to an aromatic ring is 1. The number of nitrogens with two attached hydrogens (primary N) is 3. The fraction of sp³-hybridized carbons (Fsp3) is 0.387. The Morgan fingerprint density at radius 2 is 1.66 bits per heavy atom. The number of carbonyl (C=O) groups is 4. The summed E-state index contributed by atoms with van der Waals surface area (Å²) in [5.41, 5.74) is 19.5. The molecular formula is C62H76N11O23P3S2. The lowest BCUT2D eigenvalue weighted by atomic mass is 9.92. The maximum atomic E-state index is 14.9. The van der Waals surface area contributed by atoms with Gasteiger partial charge in [0.25, 0.3) is 21.9 Å². The minimum atomic E-state index is -4.39. The van der Waals surface area contributed by atoms with E-state index >= 15 is 0 Å². The third-order valence-electron chi connectivity index (χ3n) is 15.0. The summed E-state index contributed by atoms with van der Waals surface area (Å²) in [6, 6.07) is 26.0. The van der Waals surface area contributed by atoms with E-state index < -0.39 is 95.4 Å². The molecule has 0 bridgehead atoms. The van der Waals surface area contributed by atoms with E-state index in [2.05, 4.69) is 46.7 Å². The first-order valence-corrected chi connectivity index (χ1v) is 37.1. The van der Waals surface area contributed by atoms with Crippen LogP contribution in [0.1, 0.15) is 72.0 Å². The molecule has 4 aromatic carbocycles. The number of carbonyl (C=O) groups excluding carboxylic acids is 4. The summed E-state index contributed by atoms with van der Waals surface area (Å²) in [5, 5.41) is 17.8. The number of nitrogens with one attached hydrogen (secondary N) is 3. The number of para-hydroxylation sites is 1. The second-order valence-corrected chi connectivity index (χ2v) is 27.5. The van der Waals surface area contributed by atoms with Crippen molar-refractivity contribution in [3.05, 3.63) is 135 Å². The Kier molecular flexibility index (Phi) is 30.6. The van der Waals surface area contributed by atoms with Crippen LogP contribution in [-0.2, 0) is 56.5 Å². The van der Waals surface area contributed by atoms with Crippen molar-refractivity contribution >= 4 is 104 Å². The van der Waals surface area contributed by atoms with Gasteiger partial charge in [-0.3, -0.25) is 28.3 Å². The summed E-state index contributed by atoms with van der Waals surface area (Å²) in [4.78, 5) is 121. The number of anilines is 2. The van der Waals surface area contributed by atoms with Crippen LogP contribution in [0.15, 0.2) is 111 Å². The summed E-state index contributed by atoms with van der Waals surface area (Å²) >= 11 is 1.30. The van der Waals surface area contributed by atoms with Crippen LogP contribution in [0, 0.1) is 11.8 Å². The second kappa shape index (κ2) is 39.1. The van der Waals surface area contributed by atoms with E-state index in [-0.39, 0.29) is 132 Å². The molecule has 6 atom stereocenters. The lowest BCUT2D eigenvalue weighted by Gasteiger charge is -2.25. The molecule has 7 aromatic rings. The number of aromatic nitrogens is 3. The summed E-state index contributed by atoms with van der Waals surface area (Å²) in [6.07, 6.45) is -2.29. The quantitative estimate of drug-likeness (QED) is 0.00371. The van der Waals surface area contributed by atoms with E-state index in [0.29, 0.717) is 51.5 Å². The maximum absolute atomic E-state index is 14.9. The van der Waals surface area contributed by atoms with Gasteiger partial charge in [0.15, 0.2) is 0 Å². The molecule has 101 heavy (non-hydrogen) atoms. The molecular weight excluding hydrogens is 1420 g/mol. The Morgan fingerprint density at radius 3 is 2.42 bits per heavy atom. The van der Waals surface area contributed by atoms with Crippen LogP contribution in [0.4, 0.5) is 11.5 Å². The summed E-state index contributed by atoms with van der Waals surface area (Å²) in [6.45, 7) is 4.12. The molecule has 0 aliphatic carbocycles. The number of amides is 4. The average Bonchev–Trinajstić information content (AvgIpc) is 1.67. The van der Waals surface area contributed by atoms with Gasteiger partial charge in [0.1, 0.15) is 59.5 Å². The first kappa shape index (κ1) is 79.0. The first-order chi connectivity index (χ1) is 48.6. The second-order valence-electron chi connectivity index (χ2n) is 21.8. The largest absolute Gasteiger partial charge is 0.489 e. The molecule has 8 rings (SSSR count). The fourth-order valence-corrected chi connectivity index (χ4v) is 13.9. The van der Waals surface area contributed by atoms with Crippen molar-refractivity contribution in [3.63, 3.8) is 0 Å². The van der Waals surface area contributed by atoms with Crippen molar-refractivity contribution in [3.8, 4) is 39.3 Å². The van der Waals surface area contributed by atoms with Gasteiger partial charge in [-0.05, 0) is 80.8 Å². The minimum absolute atomic E-state index is 0.00357. The van der Waals surface area contributed by atoms with Gasteiger partial charge in [0.2, 0.25) is 11.8 Å². The van der Waals surface area contributed by atoms with Gasteiger partial charge >= 0.3 is 37.1 Å². The van der Waals surface area contributed by atoms with Crippen LogP contribution in [0.2, 0.25) is 0 Å². The normalized spacial score (nSPS) is 15.4. The minimum Gasteiger partial charge on any atom is -0.489 e. The molecule has 0 saturated carbocycles. The van der Waals surface area contributed by atoms with Crippen molar-refractivity contribution in [2.75, 3.05) is 102 Å². The number of ether oxygens (including phenoxy) is 5. The number of thiazole rings is 1. The predicted molar refractivity (Wildman–Crippen MR) is 373 cm³/mol. The molecule has 3 aromatic heterocycles. The highest BCUT2D eigenvalue weighted by atomic mass is 32.2. The van der Waals surface area contributed by atoms with Crippen LogP contribution in [-0.4, -0.2) is 186 Å². The average molecular weight is 1500 g/mol. The van der Waals surface area contributed by atoms with Crippen LogP contribution in [0.3, 0.4) is 0 Å². The van der Waals surface area contributed by atoms with E-state index in [0.717, 1.165) is 15.0 Å². The van der Waals surface area contributed by atoms with E-state index in [1.165, 1.54) is 28.5 Å². The smallest absolute Gasteiger partial charge is 0.376 e. The third-order valence-corrected chi connectivity index (χ3v) is 19.6. The molecule has 1 aliphatic rings. The van der Waals surface area contributed by atoms with E-state index in [4.69, 9.17) is 74.2 Å². The Balaban J connectivity index is 0.754. The van der Waals surface area contributed by atoms with E-state index in [9.17, 15) is 46.6 Å². The van der Waals surface area contributed by atoms with Gasteiger partial charge in [0.05, 0.1) is 60.7 Å². The van der Waals surface area contributed by atoms with Gasteiger partial charge in [-0.25, -0.2) is 28.5 Å². The molecule has 0 spiro atoms. The number of hydrogen-bond acceptors (Lipinski definition) is 29. The molecule has 6 unspecified atom stereocenters. The number of benzene rings is 4. The molecule has 4 amide bonds. The van der Waals surface area contributed by atoms with Crippen LogP contribution in [0.25, 0.3) is 42.9 Å². The molecule has 34 nitrogen and oxygen atoms in total. The van der Waals surface area contributed by atoms with E-state index in [1.807, 2.05) is 50.2 Å². The fourth-order valence-electron chi connectivity index (χ4n) is 10.4. The zero-order chi connectivity index (χ0) is 72.6. The van der Waals surface area contributed by atoms with Crippen LogP contribution < -0.4 is 54.1 Å². The molecule has 544 valence electrons. The van der Waals surface area contributed by atoms with Gasteiger partial charge in [0, 0.05) is 92.1 Å². The summed E-state index contributed by atoms with van der Waals surface area (Å²) < 4.78 is 87.6. The Hall–Kier alpha value is -7.66. The highest BCUT2D eigenvalue weighted by molar-refractivity contribution is 7.85. The van der Waals surface area contributed by atoms with E-state index in [1.54, 1.807) is 48.5 Å². The Bertz CT molecular complexity index is 4240. The zero-order valence-electron chi connectivity index (χ0n) is 54.5. The van der Waals surface area contributed by atoms with Crippen molar-refractivity contribution in [1.29, 1.82) is 0 Å². The highest BCUT2D eigenvalue weighted by Crippen LogP contribution is 2.58. The SMILES string of the molecule is CCN(CC)c1ccc2c(-c3ccccc3C(=O)N(CCCC(=O)NCCNC(=O)c3cccc(OCC(N)OCCOCC(=O)NCC#Cc4cn(C5CC(OCN)C(COP(O)OP(OO)OP(O)O)O5)c(=O)nc4N)c3)CCCS(=O)(=O)O)c(-c3nc4ccccc4s3)c(=O)oc2c1. The van der Waals surface area contributed by atoms with Crippen molar-refractivity contribution in [1.82, 2.24) is 35.4 Å². The number of fused-ring (bicyclic) bond motifs is 2. The standard InChI is InChI=1S/C62H76N11O23P3S2/c1-3-71(4-2)41-21-22-45-47(32-41)93-61(78)56(59-69-46-18-7-8-19-50(46)100-59)55(45)43-16-5-6-17-44(43)60(77)72(27-12-30-101(84,85)86)26-11-20-52(74)67-24-25-68-58(76)39-13-9-15-42(31-39)89-36-51(64)88-29-28-87-37-53(75)66-23-10-14-40-34-73(62(79)70-57(40)65)54-33-48(90-38-63)49(92-54)35-91-98(83)96-99(94-80)95-97(81)82/h5-9,13,15-19,21-22,31-32,34,48-49,51,54,80-83H,3-4,11-12,20,23-30,33,35-38,63-64H2,1-2H3,(H,66,75)(H,67,74)(H,68,76)(H2,65,70,79)(H,84,85,86). The zero-order valence-corrected chi connectivity index (χ0v) is 58.8. The first-order valence-electron chi connectivity index (χ1n) is 31.2.